The molecular weight excluding hydrogens is 238 g/mol. The number of hydrogen-bond acceptors (Lipinski definition) is 2. The fourth-order valence-corrected chi connectivity index (χ4v) is 2.21. The second kappa shape index (κ2) is 6.82. The third-order valence-electron chi connectivity index (χ3n) is 2.47. The van der Waals surface area contributed by atoms with Crippen LogP contribution in [-0.4, -0.2) is 10.8 Å². The molecule has 0 saturated heterocycles. The van der Waals surface area contributed by atoms with Gasteiger partial charge in [0.05, 0.1) is 5.04 Å². The van der Waals surface area contributed by atoms with E-state index in [2.05, 4.69) is 24.3 Å². The van der Waals surface area contributed by atoms with Gasteiger partial charge < -0.3 is 0 Å². The van der Waals surface area contributed by atoms with Crippen molar-refractivity contribution in [2.24, 2.45) is 0 Å². The second-order valence-corrected chi connectivity index (χ2v) is 4.85. The Morgan fingerprint density at radius 2 is 1.56 bits per heavy atom. The Labute approximate surface area is 112 Å². The lowest BCUT2D eigenvalue weighted by Gasteiger charge is -2.00. The monoisotopic (exact) mass is 253 g/mol. The fourth-order valence-electron chi connectivity index (χ4n) is 1.55. The largest absolute Gasteiger partial charge is 0.293 e. The van der Waals surface area contributed by atoms with E-state index in [-0.39, 0.29) is 0 Å². The highest BCUT2D eigenvalue weighted by Crippen LogP contribution is 2.12. The molecule has 0 fully saturated rings. The van der Waals surface area contributed by atoms with Crippen LogP contribution in [0.5, 0.6) is 0 Å². The molecule has 1 N–H and O–H groups in total. The summed E-state index contributed by atoms with van der Waals surface area (Å²) in [6.07, 6.45) is 4.18. The molecule has 0 amide bonds. The first-order valence-corrected chi connectivity index (χ1v) is 6.83. The van der Waals surface area contributed by atoms with Crippen molar-refractivity contribution in [3.63, 3.8) is 0 Å². The van der Waals surface area contributed by atoms with Crippen molar-refractivity contribution in [1.29, 1.82) is 5.41 Å². The predicted octanol–water partition coefficient (Wildman–Crippen LogP) is 4.46. The molecule has 0 unspecified atom stereocenters. The highest BCUT2D eigenvalue weighted by atomic mass is 32.2. The van der Waals surface area contributed by atoms with Gasteiger partial charge in [0, 0.05) is 11.3 Å². The maximum absolute atomic E-state index is 7.94. The van der Waals surface area contributed by atoms with E-state index in [0.717, 1.165) is 11.3 Å². The average Bonchev–Trinajstić information content (AvgIpc) is 2.45. The molecule has 0 heterocycles. The molecule has 0 aliphatic heterocycles. The van der Waals surface area contributed by atoms with Crippen LogP contribution in [0.4, 0.5) is 0 Å². The Kier molecular flexibility index (Phi) is 4.79. The van der Waals surface area contributed by atoms with Crippen molar-refractivity contribution >= 4 is 22.9 Å². The van der Waals surface area contributed by atoms with E-state index < -0.39 is 0 Å². The molecule has 0 bridgehead atoms. The molecule has 2 rings (SSSR count). The van der Waals surface area contributed by atoms with Gasteiger partial charge >= 0.3 is 0 Å². The number of thioether (sulfide) groups is 1. The average molecular weight is 253 g/mol. The molecule has 0 radical (unpaired) electrons. The summed E-state index contributed by atoms with van der Waals surface area (Å²) in [5, 5.41) is 8.56. The number of hydrogen-bond donors (Lipinski definition) is 1. The molecular formula is C16H15NS. The maximum atomic E-state index is 7.94. The summed E-state index contributed by atoms with van der Waals surface area (Å²) in [4.78, 5) is 0. The van der Waals surface area contributed by atoms with Crippen molar-refractivity contribution in [3.05, 3.63) is 77.9 Å². The van der Waals surface area contributed by atoms with Gasteiger partial charge in [0.15, 0.2) is 0 Å². The van der Waals surface area contributed by atoms with E-state index in [1.165, 1.54) is 5.56 Å². The van der Waals surface area contributed by atoms with E-state index in [9.17, 15) is 0 Å². The van der Waals surface area contributed by atoms with E-state index in [1.807, 2.05) is 48.5 Å². The molecule has 90 valence electrons. The van der Waals surface area contributed by atoms with Gasteiger partial charge in [-0.1, -0.05) is 72.8 Å². The fraction of sp³-hybridized carbons (Fsp3) is 0.0625. The van der Waals surface area contributed by atoms with Crippen LogP contribution in [0, 0.1) is 5.41 Å². The Morgan fingerprint density at radius 1 is 0.944 bits per heavy atom. The zero-order valence-electron chi connectivity index (χ0n) is 10.0. The molecule has 0 spiro atoms. The van der Waals surface area contributed by atoms with Crippen LogP contribution in [0.2, 0.25) is 0 Å². The molecule has 2 heteroatoms. The zero-order chi connectivity index (χ0) is 12.6. The Balaban J connectivity index is 1.83. The highest BCUT2D eigenvalue weighted by Gasteiger charge is 1.98. The van der Waals surface area contributed by atoms with Gasteiger partial charge in [-0.05, 0) is 5.56 Å². The number of rotatable bonds is 4. The molecule has 0 atom stereocenters. The normalized spacial score (nSPS) is 10.7. The lowest BCUT2D eigenvalue weighted by Crippen LogP contribution is -1.92. The summed E-state index contributed by atoms with van der Waals surface area (Å²) in [6.45, 7) is 0. The molecule has 2 aromatic rings. The minimum atomic E-state index is 0.619. The van der Waals surface area contributed by atoms with Crippen LogP contribution >= 0.6 is 11.8 Å². The molecule has 0 aromatic heterocycles. The van der Waals surface area contributed by atoms with E-state index in [1.54, 1.807) is 11.8 Å². The third-order valence-corrected chi connectivity index (χ3v) is 3.35. The van der Waals surface area contributed by atoms with Gasteiger partial charge in [-0.25, -0.2) is 0 Å². The van der Waals surface area contributed by atoms with Crippen molar-refractivity contribution in [1.82, 2.24) is 0 Å². The standard InChI is InChI=1S/C16H15NS/c17-16(15-11-5-2-6-12-15)18-13-7-10-14-8-3-1-4-9-14/h1-12,17H,13H2/b10-7+,17-16?. The first kappa shape index (κ1) is 12.7. The zero-order valence-corrected chi connectivity index (χ0v) is 10.9. The van der Waals surface area contributed by atoms with Crippen molar-refractivity contribution in [2.75, 3.05) is 5.75 Å². The second-order valence-electron chi connectivity index (χ2n) is 3.82. The van der Waals surface area contributed by atoms with Gasteiger partial charge in [-0.15, -0.1) is 11.8 Å². The lowest BCUT2D eigenvalue weighted by molar-refractivity contribution is 1.52. The minimum Gasteiger partial charge on any atom is -0.293 e. The maximum Gasteiger partial charge on any atom is 0.0945 e. The van der Waals surface area contributed by atoms with Crippen LogP contribution in [0.3, 0.4) is 0 Å². The summed E-state index contributed by atoms with van der Waals surface area (Å²) in [5.41, 5.74) is 2.18. The molecule has 2 aromatic carbocycles. The van der Waals surface area contributed by atoms with Gasteiger partial charge in [-0.3, -0.25) is 5.41 Å². The highest BCUT2D eigenvalue weighted by molar-refractivity contribution is 8.14. The van der Waals surface area contributed by atoms with Crippen LogP contribution in [0.15, 0.2) is 66.7 Å². The lowest BCUT2D eigenvalue weighted by atomic mass is 10.2. The molecule has 0 saturated carbocycles. The number of nitrogens with one attached hydrogen (secondary N) is 1. The van der Waals surface area contributed by atoms with Crippen LogP contribution in [-0.2, 0) is 0 Å². The topological polar surface area (TPSA) is 23.9 Å². The number of benzene rings is 2. The predicted molar refractivity (Wildman–Crippen MR) is 81.2 cm³/mol. The molecule has 1 nitrogen and oxygen atoms in total. The molecule has 18 heavy (non-hydrogen) atoms. The van der Waals surface area contributed by atoms with Crippen LogP contribution < -0.4 is 0 Å². The quantitative estimate of drug-likeness (QED) is 0.631. The van der Waals surface area contributed by atoms with Crippen LogP contribution in [0.1, 0.15) is 11.1 Å². The van der Waals surface area contributed by atoms with Gasteiger partial charge in [0.2, 0.25) is 0 Å². The SMILES string of the molecule is N=C(SC/C=C/c1ccccc1)c1ccccc1. The van der Waals surface area contributed by atoms with Crippen molar-refractivity contribution in [2.45, 2.75) is 0 Å². The molecule has 0 aliphatic carbocycles. The smallest absolute Gasteiger partial charge is 0.0945 e. The Hall–Kier alpha value is -1.80. The van der Waals surface area contributed by atoms with Crippen LogP contribution in [0.25, 0.3) is 6.08 Å². The Morgan fingerprint density at radius 3 is 2.22 bits per heavy atom. The summed E-state index contributed by atoms with van der Waals surface area (Å²) >= 11 is 1.55. The van der Waals surface area contributed by atoms with E-state index in [4.69, 9.17) is 5.41 Å². The van der Waals surface area contributed by atoms with Gasteiger partial charge in [0.1, 0.15) is 0 Å². The first-order chi connectivity index (χ1) is 8.86. The third kappa shape index (κ3) is 3.90. The van der Waals surface area contributed by atoms with Crippen molar-refractivity contribution < 1.29 is 0 Å². The van der Waals surface area contributed by atoms with Gasteiger partial charge in [0.25, 0.3) is 0 Å². The van der Waals surface area contributed by atoms with Crippen molar-refractivity contribution in [3.8, 4) is 0 Å². The summed E-state index contributed by atoms with van der Waals surface area (Å²) in [7, 11) is 0. The Bertz CT molecular complexity index is 517. The minimum absolute atomic E-state index is 0.619. The summed E-state index contributed by atoms with van der Waals surface area (Å²) < 4.78 is 0. The van der Waals surface area contributed by atoms with E-state index in [0.29, 0.717) is 5.04 Å². The van der Waals surface area contributed by atoms with E-state index >= 15 is 0 Å². The summed E-state index contributed by atoms with van der Waals surface area (Å²) in [5.74, 6) is 0.822. The first-order valence-electron chi connectivity index (χ1n) is 5.84. The summed E-state index contributed by atoms with van der Waals surface area (Å²) in [6, 6.07) is 20.0. The van der Waals surface area contributed by atoms with Gasteiger partial charge in [-0.2, -0.15) is 0 Å². The molecule has 0 aliphatic rings.